The average Bonchev–Trinajstić information content (AvgIpc) is 2.90. The van der Waals surface area contributed by atoms with Gasteiger partial charge in [0.25, 0.3) is 0 Å². The predicted octanol–water partition coefficient (Wildman–Crippen LogP) is 3.04. The number of anilines is 1. The molecule has 1 heterocycles. The van der Waals surface area contributed by atoms with E-state index in [2.05, 4.69) is 17.1 Å². The number of esters is 1. The van der Waals surface area contributed by atoms with E-state index >= 15 is 0 Å². The van der Waals surface area contributed by atoms with Gasteiger partial charge in [0.1, 0.15) is 0 Å². The Labute approximate surface area is 134 Å². The van der Waals surface area contributed by atoms with E-state index in [9.17, 15) is 4.79 Å². The molecule has 3 rings (SSSR count). The monoisotopic (exact) mass is 309 g/mol. The zero-order chi connectivity index (χ0) is 16.2. The number of ether oxygens (including phenoxy) is 1. The Balaban J connectivity index is 1.78. The molecule has 0 unspecified atom stereocenters. The minimum atomic E-state index is -0.371. The van der Waals surface area contributed by atoms with Crippen LogP contribution in [0, 0.1) is 0 Å². The highest BCUT2D eigenvalue weighted by Crippen LogP contribution is 2.20. The van der Waals surface area contributed by atoms with Crippen molar-refractivity contribution in [1.29, 1.82) is 0 Å². The molecule has 0 radical (unpaired) electrons. The molecule has 118 valence electrons. The zero-order valence-corrected chi connectivity index (χ0v) is 13.0. The van der Waals surface area contributed by atoms with Crippen LogP contribution in [0.3, 0.4) is 0 Å². The summed E-state index contributed by atoms with van der Waals surface area (Å²) >= 11 is 0. The van der Waals surface area contributed by atoms with Gasteiger partial charge >= 0.3 is 5.97 Å². The minimum Gasteiger partial charge on any atom is -0.465 e. The van der Waals surface area contributed by atoms with Crippen molar-refractivity contribution in [1.82, 2.24) is 9.55 Å². The van der Waals surface area contributed by atoms with Gasteiger partial charge < -0.3 is 15.0 Å². The third-order valence-electron chi connectivity index (χ3n) is 3.89. The normalized spacial score (nSPS) is 10.8. The Hall–Kier alpha value is -2.82. The van der Waals surface area contributed by atoms with Crippen molar-refractivity contribution in [3.8, 4) is 0 Å². The summed E-state index contributed by atoms with van der Waals surface area (Å²) in [5.41, 5.74) is 9.46. The molecule has 0 spiro atoms. The number of hydrogen-bond donors (Lipinski definition) is 1. The van der Waals surface area contributed by atoms with Gasteiger partial charge in [-0.05, 0) is 36.6 Å². The third-order valence-corrected chi connectivity index (χ3v) is 3.89. The number of carbonyl (C=O) groups is 1. The number of nitrogens with two attached hydrogens (primary N) is 1. The van der Waals surface area contributed by atoms with Crippen molar-refractivity contribution >= 4 is 23.0 Å². The van der Waals surface area contributed by atoms with Gasteiger partial charge in [-0.15, -0.1) is 0 Å². The fourth-order valence-corrected chi connectivity index (χ4v) is 2.71. The lowest BCUT2D eigenvalue weighted by molar-refractivity contribution is 0.0601. The first-order chi connectivity index (χ1) is 11.2. The van der Waals surface area contributed by atoms with Crippen LogP contribution < -0.4 is 5.73 Å². The second kappa shape index (κ2) is 6.52. The first kappa shape index (κ1) is 15.1. The number of aromatic nitrogens is 2. The average molecular weight is 309 g/mol. The number of fused-ring (bicyclic) bond motifs is 1. The quantitative estimate of drug-likeness (QED) is 0.735. The summed E-state index contributed by atoms with van der Waals surface area (Å²) in [5.74, 6) is 0.0965. The molecule has 5 nitrogen and oxygen atoms in total. The number of carbonyl (C=O) groups excluding carboxylic acids is 1. The van der Waals surface area contributed by atoms with Gasteiger partial charge in [0.05, 0.1) is 23.7 Å². The standard InChI is InChI=1S/C18H19N3O2/c1-23-17(22)14-9-10-16-15(12-14)20-18(19)21(16)11-5-8-13-6-3-2-4-7-13/h2-4,6-7,9-10,12H,5,8,11H2,1H3,(H2,19,20). The Kier molecular flexibility index (Phi) is 4.28. The number of imidazole rings is 1. The lowest BCUT2D eigenvalue weighted by Gasteiger charge is -2.07. The summed E-state index contributed by atoms with van der Waals surface area (Å²) in [6.07, 6.45) is 1.96. The summed E-state index contributed by atoms with van der Waals surface area (Å²) in [6.45, 7) is 0.787. The summed E-state index contributed by atoms with van der Waals surface area (Å²) in [4.78, 5) is 15.9. The molecular weight excluding hydrogens is 290 g/mol. The zero-order valence-electron chi connectivity index (χ0n) is 13.0. The largest absolute Gasteiger partial charge is 0.465 e. The molecule has 0 bridgehead atoms. The van der Waals surface area contributed by atoms with Crippen LogP contribution in [0.2, 0.25) is 0 Å². The topological polar surface area (TPSA) is 70.1 Å². The van der Waals surface area contributed by atoms with Crippen molar-refractivity contribution in [3.63, 3.8) is 0 Å². The number of hydrogen-bond acceptors (Lipinski definition) is 4. The highest BCUT2D eigenvalue weighted by Gasteiger charge is 2.12. The molecule has 1 aromatic heterocycles. The van der Waals surface area contributed by atoms with Gasteiger partial charge in [-0.1, -0.05) is 30.3 Å². The van der Waals surface area contributed by atoms with E-state index in [0.29, 0.717) is 17.0 Å². The van der Waals surface area contributed by atoms with Gasteiger partial charge in [-0.3, -0.25) is 0 Å². The Bertz CT molecular complexity index is 825. The Morgan fingerprint density at radius 2 is 2.00 bits per heavy atom. The summed E-state index contributed by atoms with van der Waals surface area (Å²) in [6, 6.07) is 15.7. The number of nitrogen functional groups attached to an aromatic ring is 1. The number of aryl methyl sites for hydroxylation is 2. The summed E-state index contributed by atoms with van der Waals surface area (Å²) in [7, 11) is 1.36. The fourth-order valence-electron chi connectivity index (χ4n) is 2.71. The van der Waals surface area contributed by atoms with Crippen molar-refractivity contribution in [3.05, 3.63) is 59.7 Å². The molecule has 0 aliphatic heterocycles. The van der Waals surface area contributed by atoms with Crippen LogP contribution in [0.15, 0.2) is 48.5 Å². The van der Waals surface area contributed by atoms with Crippen molar-refractivity contribution in [2.45, 2.75) is 19.4 Å². The SMILES string of the molecule is COC(=O)c1ccc2c(c1)nc(N)n2CCCc1ccccc1. The van der Waals surface area contributed by atoms with Gasteiger partial charge in [-0.25, -0.2) is 9.78 Å². The number of methoxy groups -OCH3 is 1. The molecule has 0 saturated heterocycles. The van der Waals surface area contributed by atoms with E-state index in [1.165, 1.54) is 12.7 Å². The second-order valence-electron chi connectivity index (χ2n) is 5.41. The summed E-state index contributed by atoms with van der Waals surface area (Å²) in [5, 5.41) is 0. The third kappa shape index (κ3) is 3.18. The van der Waals surface area contributed by atoms with Gasteiger partial charge in [0.15, 0.2) is 0 Å². The number of nitrogens with zero attached hydrogens (tertiary/aromatic N) is 2. The maximum Gasteiger partial charge on any atom is 0.337 e. The molecule has 0 aliphatic rings. The van der Waals surface area contributed by atoms with Crippen LogP contribution in [0.4, 0.5) is 5.95 Å². The van der Waals surface area contributed by atoms with E-state index < -0.39 is 0 Å². The van der Waals surface area contributed by atoms with E-state index in [1.807, 2.05) is 28.8 Å². The van der Waals surface area contributed by atoms with E-state index in [1.54, 1.807) is 12.1 Å². The molecule has 2 N–H and O–H groups in total. The van der Waals surface area contributed by atoms with Gasteiger partial charge in [0, 0.05) is 6.54 Å². The Morgan fingerprint density at radius 3 is 2.74 bits per heavy atom. The Morgan fingerprint density at radius 1 is 1.22 bits per heavy atom. The molecule has 23 heavy (non-hydrogen) atoms. The second-order valence-corrected chi connectivity index (χ2v) is 5.41. The first-order valence-corrected chi connectivity index (χ1v) is 7.57. The molecule has 0 atom stereocenters. The highest BCUT2D eigenvalue weighted by atomic mass is 16.5. The van der Waals surface area contributed by atoms with Crippen LogP contribution >= 0.6 is 0 Å². The fraction of sp³-hybridized carbons (Fsp3) is 0.222. The van der Waals surface area contributed by atoms with E-state index in [-0.39, 0.29) is 5.97 Å². The van der Waals surface area contributed by atoms with E-state index in [4.69, 9.17) is 10.5 Å². The van der Waals surface area contributed by atoms with Crippen LogP contribution in [0.5, 0.6) is 0 Å². The molecule has 3 aromatic rings. The molecule has 0 saturated carbocycles. The van der Waals surface area contributed by atoms with Crippen LogP contribution in [0.25, 0.3) is 11.0 Å². The van der Waals surface area contributed by atoms with Crippen LogP contribution in [-0.2, 0) is 17.7 Å². The smallest absolute Gasteiger partial charge is 0.337 e. The molecule has 0 aliphatic carbocycles. The van der Waals surface area contributed by atoms with E-state index in [0.717, 1.165) is 24.9 Å². The van der Waals surface area contributed by atoms with Crippen molar-refractivity contribution in [2.75, 3.05) is 12.8 Å². The first-order valence-electron chi connectivity index (χ1n) is 7.57. The van der Waals surface area contributed by atoms with Gasteiger partial charge in [-0.2, -0.15) is 0 Å². The van der Waals surface area contributed by atoms with Crippen LogP contribution in [0.1, 0.15) is 22.3 Å². The molecule has 5 heteroatoms. The lowest BCUT2D eigenvalue weighted by atomic mass is 10.1. The maximum absolute atomic E-state index is 11.6. The van der Waals surface area contributed by atoms with Crippen LogP contribution in [-0.4, -0.2) is 22.6 Å². The molecular formula is C18H19N3O2. The molecule has 0 amide bonds. The van der Waals surface area contributed by atoms with Crippen molar-refractivity contribution in [2.24, 2.45) is 0 Å². The maximum atomic E-state index is 11.6. The molecule has 2 aromatic carbocycles. The highest BCUT2D eigenvalue weighted by molar-refractivity contribution is 5.94. The minimum absolute atomic E-state index is 0.371. The van der Waals surface area contributed by atoms with Crippen molar-refractivity contribution < 1.29 is 9.53 Å². The predicted molar refractivity (Wildman–Crippen MR) is 90.2 cm³/mol. The van der Waals surface area contributed by atoms with Gasteiger partial charge in [0.2, 0.25) is 5.95 Å². The number of benzene rings is 2. The summed E-state index contributed by atoms with van der Waals surface area (Å²) < 4.78 is 6.72. The lowest BCUT2D eigenvalue weighted by Crippen LogP contribution is -2.04. The molecule has 0 fully saturated rings. The number of rotatable bonds is 5.